The molecule has 2 aromatic rings. The third-order valence-corrected chi connectivity index (χ3v) is 4.73. The zero-order valence-corrected chi connectivity index (χ0v) is 14.3. The number of hydrogen-bond donors (Lipinski definition) is 1. The second-order valence-electron chi connectivity index (χ2n) is 5.81. The van der Waals surface area contributed by atoms with E-state index in [1.807, 2.05) is 6.20 Å². The van der Waals surface area contributed by atoms with Crippen molar-refractivity contribution in [3.05, 3.63) is 46.5 Å². The van der Waals surface area contributed by atoms with Crippen LogP contribution in [-0.4, -0.2) is 33.9 Å². The van der Waals surface area contributed by atoms with Gasteiger partial charge in [-0.25, -0.2) is 9.97 Å². The van der Waals surface area contributed by atoms with Gasteiger partial charge in [0.1, 0.15) is 0 Å². The number of carbonyl (C=O) groups excluding carboxylic acids is 1. The molecule has 1 saturated heterocycles. The molecule has 24 heavy (non-hydrogen) atoms. The van der Waals surface area contributed by atoms with Crippen molar-refractivity contribution in [2.24, 2.45) is 0 Å². The molecule has 1 amide bonds. The molecule has 5 nitrogen and oxygen atoms in total. The average molecular weight is 346 g/mol. The fourth-order valence-corrected chi connectivity index (χ4v) is 3.56. The quantitative estimate of drug-likeness (QED) is 0.863. The van der Waals surface area contributed by atoms with Gasteiger partial charge >= 0.3 is 0 Å². The summed E-state index contributed by atoms with van der Waals surface area (Å²) in [5.41, 5.74) is 2.31. The molecule has 1 aliphatic heterocycles. The molecule has 0 aliphatic carbocycles. The van der Waals surface area contributed by atoms with Gasteiger partial charge in [-0.05, 0) is 30.5 Å². The second-order valence-corrected chi connectivity index (χ2v) is 6.92. The molecular formula is C17H19FN4OS. The van der Waals surface area contributed by atoms with Gasteiger partial charge in [0.05, 0.1) is 0 Å². The number of carbonyl (C=O) groups is 1. The summed E-state index contributed by atoms with van der Waals surface area (Å²) in [5, 5.41) is 3.36. The lowest BCUT2D eigenvalue weighted by molar-refractivity contribution is -0.114. The molecule has 1 N–H and O–H groups in total. The molecule has 3 heterocycles. The van der Waals surface area contributed by atoms with Crippen molar-refractivity contribution in [2.75, 3.05) is 18.4 Å². The first-order valence-electron chi connectivity index (χ1n) is 7.84. The number of rotatable bonds is 4. The molecule has 0 spiro atoms. The summed E-state index contributed by atoms with van der Waals surface area (Å²) in [6.07, 6.45) is 7.48. The van der Waals surface area contributed by atoms with E-state index in [0.717, 1.165) is 42.9 Å². The van der Waals surface area contributed by atoms with Gasteiger partial charge in [-0.1, -0.05) is 11.6 Å². The van der Waals surface area contributed by atoms with Crippen LogP contribution < -0.4 is 5.32 Å². The van der Waals surface area contributed by atoms with Crippen molar-refractivity contribution >= 4 is 28.5 Å². The predicted octanol–water partition coefficient (Wildman–Crippen LogP) is 3.32. The number of thiazole rings is 1. The monoisotopic (exact) mass is 346 g/mol. The molecule has 126 valence electrons. The van der Waals surface area contributed by atoms with Crippen LogP contribution >= 0.6 is 11.3 Å². The number of pyridine rings is 1. The largest absolute Gasteiger partial charge is 0.302 e. The van der Waals surface area contributed by atoms with E-state index in [1.165, 1.54) is 29.9 Å². The minimum atomic E-state index is -0.449. The number of aromatic nitrogens is 2. The zero-order chi connectivity index (χ0) is 16.9. The minimum absolute atomic E-state index is 0.0982. The topological polar surface area (TPSA) is 58.1 Å². The highest BCUT2D eigenvalue weighted by molar-refractivity contribution is 7.15. The first-order chi connectivity index (χ1) is 11.6. The SMILES string of the molecule is CC(=O)Nc1ncc(CN2CCC(=Cc3ccc(F)nc3)CC2)s1. The Morgan fingerprint density at radius 1 is 1.33 bits per heavy atom. The van der Waals surface area contributed by atoms with Gasteiger partial charge in [0.15, 0.2) is 5.13 Å². The number of anilines is 1. The summed E-state index contributed by atoms with van der Waals surface area (Å²) in [6.45, 7) is 4.29. The van der Waals surface area contributed by atoms with E-state index in [4.69, 9.17) is 0 Å². The average Bonchev–Trinajstić information content (AvgIpc) is 2.98. The molecule has 3 rings (SSSR count). The normalized spacial score (nSPS) is 15.3. The Morgan fingerprint density at radius 3 is 2.79 bits per heavy atom. The molecule has 0 atom stereocenters. The Balaban J connectivity index is 1.52. The summed E-state index contributed by atoms with van der Waals surface area (Å²) >= 11 is 1.52. The van der Waals surface area contributed by atoms with E-state index in [-0.39, 0.29) is 5.91 Å². The summed E-state index contributed by atoms with van der Waals surface area (Å²) < 4.78 is 12.8. The number of piperidine rings is 1. The van der Waals surface area contributed by atoms with Crippen LogP contribution in [0.4, 0.5) is 9.52 Å². The Hall–Kier alpha value is -2.12. The lowest BCUT2D eigenvalue weighted by atomic mass is 10.0. The standard InChI is InChI=1S/C17H19FN4OS/c1-12(23)21-17-20-10-15(24-17)11-22-6-4-13(5-7-22)8-14-2-3-16(18)19-9-14/h2-3,8-10H,4-7,11H2,1H3,(H,20,21,23). The highest BCUT2D eigenvalue weighted by atomic mass is 32.1. The molecule has 1 aliphatic rings. The minimum Gasteiger partial charge on any atom is -0.302 e. The number of hydrogen-bond acceptors (Lipinski definition) is 5. The van der Waals surface area contributed by atoms with E-state index in [2.05, 4.69) is 26.3 Å². The number of nitrogens with one attached hydrogen (secondary N) is 1. The predicted molar refractivity (Wildman–Crippen MR) is 93.1 cm³/mol. The van der Waals surface area contributed by atoms with Gasteiger partial charge in [0, 0.05) is 43.8 Å². The summed E-state index contributed by atoms with van der Waals surface area (Å²) in [6, 6.07) is 3.14. The van der Waals surface area contributed by atoms with Crippen molar-refractivity contribution < 1.29 is 9.18 Å². The van der Waals surface area contributed by atoms with E-state index in [0.29, 0.717) is 5.13 Å². The Bertz CT molecular complexity index is 731. The fourth-order valence-electron chi connectivity index (χ4n) is 2.66. The second kappa shape index (κ2) is 7.63. The van der Waals surface area contributed by atoms with Crippen LogP contribution in [0.15, 0.2) is 30.1 Å². The lowest BCUT2D eigenvalue weighted by Crippen LogP contribution is -2.29. The highest BCUT2D eigenvalue weighted by Gasteiger charge is 2.15. The number of amides is 1. The summed E-state index contributed by atoms with van der Waals surface area (Å²) in [5.74, 6) is -0.547. The van der Waals surface area contributed by atoms with Crippen LogP contribution in [-0.2, 0) is 11.3 Å². The van der Waals surface area contributed by atoms with Crippen molar-refractivity contribution in [2.45, 2.75) is 26.3 Å². The maximum atomic E-state index is 12.8. The first-order valence-corrected chi connectivity index (χ1v) is 8.66. The lowest BCUT2D eigenvalue weighted by Gasteiger charge is -2.27. The van der Waals surface area contributed by atoms with Gasteiger partial charge in [-0.15, -0.1) is 11.3 Å². The van der Waals surface area contributed by atoms with Crippen LogP contribution in [0.2, 0.25) is 0 Å². The van der Waals surface area contributed by atoms with Crippen molar-refractivity contribution in [3.8, 4) is 0 Å². The molecule has 0 saturated carbocycles. The molecule has 0 radical (unpaired) electrons. The molecule has 0 aromatic carbocycles. The molecule has 7 heteroatoms. The van der Waals surface area contributed by atoms with Gasteiger partial charge in [-0.2, -0.15) is 4.39 Å². The van der Waals surface area contributed by atoms with Gasteiger partial charge < -0.3 is 5.32 Å². The summed E-state index contributed by atoms with van der Waals surface area (Å²) in [4.78, 5) is 22.4. The van der Waals surface area contributed by atoms with Crippen molar-refractivity contribution in [1.82, 2.24) is 14.9 Å². The zero-order valence-electron chi connectivity index (χ0n) is 13.5. The summed E-state index contributed by atoms with van der Waals surface area (Å²) in [7, 11) is 0. The Labute approximate surface area is 144 Å². The van der Waals surface area contributed by atoms with E-state index in [9.17, 15) is 9.18 Å². The van der Waals surface area contributed by atoms with Crippen LogP contribution in [0.25, 0.3) is 6.08 Å². The van der Waals surface area contributed by atoms with Crippen LogP contribution in [0.3, 0.4) is 0 Å². The maximum absolute atomic E-state index is 12.8. The van der Waals surface area contributed by atoms with Crippen LogP contribution in [0, 0.1) is 5.95 Å². The number of likely N-dealkylation sites (tertiary alicyclic amines) is 1. The van der Waals surface area contributed by atoms with E-state index in [1.54, 1.807) is 12.3 Å². The third kappa shape index (κ3) is 4.69. The molecule has 0 unspecified atom stereocenters. The molecule has 2 aromatic heterocycles. The first kappa shape index (κ1) is 16.7. The number of nitrogens with zero attached hydrogens (tertiary/aromatic N) is 3. The van der Waals surface area contributed by atoms with Crippen molar-refractivity contribution in [1.29, 1.82) is 0 Å². The Kier molecular flexibility index (Phi) is 5.32. The fraction of sp³-hybridized carbons (Fsp3) is 0.353. The molecule has 0 bridgehead atoms. The molecular weight excluding hydrogens is 327 g/mol. The van der Waals surface area contributed by atoms with Crippen molar-refractivity contribution in [3.63, 3.8) is 0 Å². The van der Waals surface area contributed by atoms with E-state index >= 15 is 0 Å². The van der Waals surface area contributed by atoms with Gasteiger partial charge in [0.2, 0.25) is 11.9 Å². The van der Waals surface area contributed by atoms with E-state index < -0.39 is 5.95 Å². The smallest absolute Gasteiger partial charge is 0.223 e. The van der Waals surface area contributed by atoms with Crippen LogP contribution in [0.1, 0.15) is 30.2 Å². The molecule has 1 fully saturated rings. The highest BCUT2D eigenvalue weighted by Crippen LogP contribution is 2.24. The third-order valence-electron chi connectivity index (χ3n) is 3.84. The maximum Gasteiger partial charge on any atom is 0.223 e. The Morgan fingerprint density at radius 2 is 2.12 bits per heavy atom. The number of halogens is 1. The van der Waals surface area contributed by atoms with Gasteiger partial charge in [0.25, 0.3) is 0 Å². The van der Waals surface area contributed by atoms with Crippen LogP contribution in [0.5, 0.6) is 0 Å². The van der Waals surface area contributed by atoms with Gasteiger partial charge in [-0.3, -0.25) is 9.69 Å².